The Labute approximate surface area is 237 Å². The van der Waals surface area contributed by atoms with Crippen molar-refractivity contribution in [1.82, 2.24) is 9.80 Å². The van der Waals surface area contributed by atoms with Gasteiger partial charge in [0.05, 0.1) is 12.2 Å². The van der Waals surface area contributed by atoms with E-state index in [4.69, 9.17) is 16.1 Å². The highest BCUT2D eigenvalue weighted by Gasteiger charge is 2.33. The number of piperidine rings is 1. The van der Waals surface area contributed by atoms with Crippen molar-refractivity contribution in [3.8, 4) is 0 Å². The Bertz CT molecular complexity index is 1320. The van der Waals surface area contributed by atoms with Crippen LogP contribution in [0.1, 0.15) is 48.2 Å². The second-order valence-corrected chi connectivity index (χ2v) is 11.1. The molecule has 2 aromatic carbocycles. The summed E-state index contributed by atoms with van der Waals surface area (Å²) in [6, 6.07) is 11.9. The third-order valence-electron chi connectivity index (χ3n) is 7.80. The summed E-state index contributed by atoms with van der Waals surface area (Å²) in [6.45, 7) is 12.1. The molecule has 0 amide bonds. The lowest BCUT2D eigenvalue weighted by molar-refractivity contribution is 0.0576. The number of nitrogens with zero attached hydrogens (tertiary/aromatic N) is 5. The van der Waals surface area contributed by atoms with Crippen LogP contribution in [0.5, 0.6) is 0 Å². The fourth-order valence-corrected chi connectivity index (χ4v) is 5.76. The quantitative estimate of drug-likeness (QED) is 0.131. The van der Waals surface area contributed by atoms with Gasteiger partial charge in [0.15, 0.2) is 5.78 Å². The second kappa shape index (κ2) is 13.1. The predicted molar refractivity (Wildman–Crippen MR) is 164 cm³/mol. The van der Waals surface area contributed by atoms with Crippen LogP contribution in [0, 0.1) is 25.2 Å². The molecule has 1 saturated heterocycles. The van der Waals surface area contributed by atoms with Gasteiger partial charge >= 0.3 is 0 Å². The van der Waals surface area contributed by atoms with Crippen LogP contribution in [-0.2, 0) is 0 Å². The molecule has 212 valence electrons. The van der Waals surface area contributed by atoms with E-state index in [0.29, 0.717) is 42.0 Å². The SMILES string of the molecule is C/N=N\c1cc(C(=O)CN2CCC(C)C(N3CCC(/N=C(\C)Nc4cc(C)cc(C)c4)=C(C=N)C3)C2)ccc1N. The minimum absolute atomic E-state index is 0.0583. The van der Waals surface area contributed by atoms with Crippen LogP contribution in [0.3, 0.4) is 0 Å². The number of amidine groups is 1. The van der Waals surface area contributed by atoms with Crippen LogP contribution in [-0.4, -0.2) is 73.4 Å². The minimum atomic E-state index is 0.0583. The Kier molecular flexibility index (Phi) is 9.60. The van der Waals surface area contributed by atoms with Gasteiger partial charge in [-0.1, -0.05) is 13.0 Å². The number of nitrogens with two attached hydrogens (primary N) is 1. The molecule has 0 spiro atoms. The number of Topliss-reactive ketones (excluding diaryl/α,β-unsaturated/α-hetero) is 1. The summed E-state index contributed by atoms with van der Waals surface area (Å²) < 4.78 is 0. The van der Waals surface area contributed by atoms with Crippen LogP contribution >= 0.6 is 0 Å². The van der Waals surface area contributed by atoms with Gasteiger partial charge in [0.25, 0.3) is 0 Å². The molecule has 0 saturated carbocycles. The van der Waals surface area contributed by atoms with E-state index in [-0.39, 0.29) is 5.78 Å². The normalized spacial score (nSPS) is 21.2. The third-order valence-corrected chi connectivity index (χ3v) is 7.80. The standard InChI is InChI=1S/C31H42N8O/c1-20-12-21(2)14-26(13-20)35-23(4)36-28-9-11-39(17-25(28)16-32)30-18-38(10-8-22(30)3)19-31(40)24-6-7-27(33)29(15-24)37-34-5/h6-7,12-16,22,30,32H,8-11,17-19,33H2,1-5H3,(H,35,36)/b32-16?,37-34-. The fourth-order valence-electron chi connectivity index (χ4n) is 5.76. The van der Waals surface area contributed by atoms with Crippen LogP contribution < -0.4 is 11.1 Å². The number of benzene rings is 2. The number of rotatable bonds is 8. The maximum atomic E-state index is 13.1. The molecule has 0 radical (unpaired) electrons. The van der Waals surface area contributed by atoms with Crippen molar-refractivity contribution in [3.63, 3.8) is 0 Å². The number of likely N-dealkylation sites (tertiary alicyclic amines) is 1. The number of hydrogen-bond donors (Lipinski definition) is 3. The fraction of sp³-hybridized carbons (Fsp3) is 0.452. The van der Waals surface area contributed by atoms with E-state index >= 15 is 0 Å². The number of anilines is 2. The molecule has 4 N–H and O–H groups in total. The number of nitrogens with one attached hydrogen (secondary N) is 2. The molecule has 4 rings (SSSR count). The van der Waals surface area contributed by atoms with Crippen molar-refractivity contribution in [2.24, 2.45) is 21.1 Å². The summed E-state index contributed by atoms with van der Waals surface area (Å²) >= 11 is 0. The van der Waals surface area contributed by atoms with Gasteiger partial charge in [-0.3, -0.25) is 14.6 Å². The molecule has 2 heterocycles. The Hall–Kier alpha value is -3.69. The summed E-state index contributed by atoms with van der Waals surface area (Å²) in [5, 5.41) is 19.4. The number of carbonyl (C=O) groups excluding carboxylic acids is 1. The summed E-state index contributed by atoms with van der Waals surface area (Å²) in [6.07, 6.45) is 3.27. The van der Waals surface area contributed by atoms with Crippen molar-refractivity contribution in [2.75, 3.05) is 50.8 Å². The number of hydrogen-bond acceptors (Lipinski definition) is 8. The van der Waals surface area contributed by atoms with Crippen molar-refractivity contribution in [1.29, 1.82) is 5.41 Å². The lowest BCUT2D eigenvalue weighted by Gasteiger charge is -2.44. The van der Waals surface area contributed by atoms with Crippen molar-refractivity contribution in [2.45, 2.75) is 46.6 Å². The average molecular weight is 543 g/mol. The maximum Gasteiger partial charge on any atom is 0.176 e. The first-order valence-electron chi connectivity index (χ1n) is 14.0. The van der Waals surface area contributed by atoms with E-state index < -0.39 is 0 Å². The van der Waals surface area contributed by atoms with Gasteiger partial charge in [-0.2, -0.15) is 10.2 Å². The molecule has 9 heteroatoms. The lowest BCUT2D eigenvalue weighted by Crippen LogP contribution is -2.54. The van der Waals surface area contributed by atoms with E-state index in [9.17, 15) is 4.79 Å². The lowest BCUT2D eigenvalue weighted by atomic mass is 9.90. The number of aliphatic imine (C=N–C) groups is 1. The zero-order chi connectivity index (χ0) is 28.8. The van der Waals surface area contributed by atoms with Gasteiger partial charge in [0, 0.05) is 67.9 Å². The second-order valence-electron chi connectivity index (χ2n) is 11.1. The molecule has 2 aliphatic heterocycles. The molecule has 40 heavy (non-hydrogen) atoms. The van der Waals surface area contributed by atoms with Gasteiger partial charge in [-0.25, -0.2) is 4.99 Å². The van der Waals surface area contributed by atoms with Gasteiger partial charge in [-0.15, -0.1) is 0 Å². The summed E-state index contributed by atoms with van der Waals surface area (Å²) in [7, 11) is 1.59. The van der Waals surface area contributed by atoms with Gasteiger partial charge in [0.2, 0.25) is 0 Å². The summed E-state index contributed by atoms with van der Waals surface area (Å²) in [5.74, 6) is 1.39. The topological polar surface area (TPSA) is 123 Å². The zero-order valence-corrected chi connectivity index (χ0v) is 24.4. The molecule has 2 atom stereocenters. The third kappa shape index (κ3) is 7.28. The maximum absolute atomic E-state index is 13.1. The molecule has 9 nitrogen and oxygen atoms in total. The first kappa shape index (κ1) is 29.3. The molecular formula is C31H42N8O. The Morgan fingerprint density at radius 3 is 2.62 bits per heavy atom. The number of ketones is 1. The number of nitrogen functional groups attached to an aromatic ring is 1. The number of azo groups is 1. The van der Waals surface area contributed by atoms with Crippen molar-refractivity contribution < 1.29 is 4.79 Å². The van der Waals surface area contributed by atoms with Crippen molar-refractivity contribution in [3.05, 3.63) is 64.4 Å². The van der Waals surface area contributed by atoms with E-state index in [1.165, 1.54) is 17.3 Å². The molecule has 2 aromatic rings. The van der Waals surface area contributed by atoms with E-state index in [2.05, 4.69) is 64.3 Å². The Morgan fingerprint density at radius 2 is 1.93 bits per heavy atom. The number of carbonyl (C=O) groups is 1. The molecule has 0 bridgehead atoms. The minimum Gasteiger partial charge on any atom is -0.397 e. The highest BCUT2D eigenvalue weighted by Crippen LogP contribution is 2.28. The molecular weight excluding hydrogens is 500 g/mol. The van der Waals surface area contributed by atoms with Gasteiger partial charge < -0.3 is 16.5 Å². The predicted octanol–water partition coefficient (Wildman–Crippen LogP) is 5.63. The van der Waals surface area contributed by atoms with Crippen LogP contribution in [0.4, 0.5) is 17.1 Å². The highest BCUT2D eigenvalue weighted by atomic mass is 16.1. The van der Waals surface area contributed by atoms with Crippen LogP contribution in [0.2, 0.25) is 0 Å². The van der Waals surface area contributed by atoms with Crippen molar-refractivity contribution >= 4 is 34.9 Å². The van der Waals surface area contributed by atoms with Gasteiger partial charge in [0.1, 0.15) is 11.5 Å². The monoisotopic (exact) mass is 542 g/mol. The number of aryl methyl sites for hydroxylation is 2. The zero-order valence-electron chi connectivity index (χ0n) is 24.4. The average Bonchev–Trinajstić information content (AvgIpc) is 2.90. The van der Waals surface area contributed by atoms with E-state index in [0.717, 1.165) is 55.3 Å². The first-order valence-corrected chi connectivity index (χ1v) is 14.0. The van der Waals surface area contributed by atoms with Gasteiger partial charge in [-0.05, 0) is 81.1 Å². The molecule has 1 fully saturated rings. The Morgan fingerprint density at radius 1 is 1.18 bits per heavy atom. The molecule has 0 aliphatic carbocycles. The van der Waals surface area contributed by atoms with E-state index in [1.807, 2.05) is 6.92 Å². The van der Waals surface area contributed by atoms with E-state index in [1.54, 1.807) is 25.2 Å². The molecule has 2 unspecified atom stereocenters. The summed E-state index contributed by atoms with van der Waals surface area (Å²) in [4.78, 5) is 22.7. The first-order chi connectivity index (χ1) is 19.2. The largest absolute Gasteiger partial charge is 0.397 e. The molecule has 0 aromatic heterocycles. The van der Waals surface area contributed by atoms with Crippen LogP contribution in [0.15, 0.2) is 62.9 Å². The smallest absolute Gasteiger partial charge is 0.176 e. The molecule has 2 aliphatic rings. The van der Waals surface area contributed by atoms with Crippen LogP contribution in [0.25, 0.3) is 0 Å². The highest BCUT2D eigenvalue weighted by molar-refractivity contribution is 5.99. The Balaban J connectivity index is 1.42. The summed E-state index contributed by atoms with van der Waals surface area (Å²) in [5.41, 5.74) is 13.0.